The van der Waals surface area contributed by atoms with Crippen molar-refractivity contribution in [2.75, 3.05) is 45.9 Å². The molecule has 102 valence electrons. The van der Waals surface area contributed by atoms with Gasteiger partial charge in [0.15, 0.2) is 0 Å². The molecule has 18 heavy (non-hydrogen) atoms. The van der Waals surface area contributed by atoms with Crippen LogP contribution in [0.25, 0.3) is 0 Å². The zero-order valence-electron chi connectivity index (χ0n) is 11.1. The predicted molar refractivity (Wildman–Crippen MR) is 68.3 cm³/mol. The molecular weight excluding hydrogens is 230 g/mol. The first-order valence-electron chi connectivity index (χ1n) is 7.11. The zero-order valence-corrected chi connectivity index (χ0v) is 11.1. The van der Waals surface area contributed by atoms with Crippen molar-refractivity contribution in [2.24, 2.45) is 5.92 Å². The fraction of sp³-hybridized carbons (Fsp3) is 0.923. The molecule has 5 nitrogen and oxygen atoms in total. The smallest absolute Gasteiger partial charge is 0.252 e. The maximum atomic E-state index is 12.2. The van der Waals surface area contributed by atoms with Gasteiger partial charge in [-0.15, -0.1) is 0 Å². The van der Waals surface area contributed by atoms with Gasteiger partial charge in [0.05, 0.1) is 0 Å². The van der Waals surface area contributed by atoms with Crippen LogP contribution in [0.5, 0.6) is 0 Å². The number of nitrogens with one attached hydrogen (secondary N) is 1. The van der Waals surface area contributed by atoms with E-state index < -0.39 is 0 Å². The number of carbonyl (C=O) groups excluding carboxylic acids is 1. The van der Waals surface area contributed by atoms with E-state index in [2.05, 4.69) is 17.1 Å². The van der Waals surface area contributed by atoms with Gasteiger partial charge in [-0.05, 0) is 12.3 Å². The van der Waals surface area contributed by atoms with Gasteiger partial charge in [-0.1, -0.05) is 6.92 Å². The first kappa shape index (κ1) is 12.4. The Morgan fingerprint density at radius 2 is 2.00 bits per heavy atom. The van der Waals surface area contributed by atoms with Gasteiger partial charge in [0.2, 0.25) is 0 Å². The topological polar surface area (TPSA) is 44.8 Å². The van der Waals surface area contributed by atoms with Gasteiger partial charge >= 0.3 is 0 Å². The second-order valence-corrected chi connectivity index (χ2v) is 5.74. The standard InChI is InChI=1S/C13H23N3O2/c1-10-2-7-18-12(10)13(17)16-8-11(9-16)15-5-3-14-4-6-15/h10-12,14H,2-9H2,1H3. The SMILES string of the molecule is CC1CCOC1C(=O)N1CC(N2CCNCC2)C1. The number of nitrogens with zero attached hydrogens (tertiary/aromatic N) is 2. The van der Waals surface area contributed by atoms with E-state index >= 15 is 0 Å². The Morgan fingerprint density at radius 1 is 1.28 bits per heavy atom. The van der Waals surface area contributed by atoms with Crippen molar-refractivity contribution in [1.29, 1.82) is 0 Å². The molecule has 5 heteroatoms. The number of rotatable bonds is 2. The number of amides is 1. The maximum absolute atomic E-state index is 12.2. The normalized spacial score (nSPS) is 34.6. The molecule has 0 spiro atoms. The second-order valence-electron chi connectivity index (χ2n) is 5.74. The van der Waals surface area contributed by atoms with Crippen molar-refractivity contribution >= 4 is 5.91 Å². The lowest BCUT2D eigenvalue weighted by atomic mass is 9.99. The highest BCUT2D eigenvalue weighted by Gasteiger charge is 2.41. The van der Waals surface area contributed by atoms with E-state index in [4.69, 9.17) is 4.74 Å². The van der Waals surface area contributed by atoms with E-state index in [1.165, 1.54) is 0 Å². The van der Waals surface area contributed by atoms with Crippen LogP contribution in [-0.4, -0.2) is 73.7 Å². The number of hydrogen-bond donors (Lipinski definition) is 1. The third-order valence-electron chi connectivity index (χ3n) is 4.47. The summed E-state index contributed by atoms with van der Waals surface area (Å²) in [4.78, 5) is 16.7. The Balaban J connectivity index is 1.47. The number of piperazine rings is 1. The average Bonchev–Trinajstić information content (AvgIpc) is 2.75. The van der Waals surface area contributed by atoms with Crippen molar-refractivity contribution in [3.63, 3.8) is 0 Å². The van der Waals surface area contributed by atoms with E-state index in [9.17, 15) is 4.79 Å². The molecule has 0 aliphatic carbocycles. The van der Waals surface area contributed by atoms with Crippen LogP contribution in [-0.2, 0) is 9.53 Å². The van der Waals surface area contributed by atoms with Crippen LogP contribution in [0.3, 0.4) is 0 Å². The minimum Gasteiger partial charge on any atom is -0.368 e. The molecule has 3 saturated heterocycles. The molecule has 3 rings (SSSR count). The van der Waals surface area contributed by atoms with Gasteiger partial charge in [0.25, 0.3) is 5.91 Å². The van der Waals surface area contributed by atoms with Crippen LogP contribution in [0.2, 0.25) is 0 Å². The third-order valence-corrected chi connectivity index (χ3v) is 4.47. The molecule has 1 amide bonds. The van der Waals surface area contributed by atoms with Crippen LogP contribution in [0.15, 0.2) is 0 Å². The van der Waals surface area contributed by atoms with E-state index in [0.29, 0.717) is 12.0 Å². The Morgan fingerprint density at radius 3 is 2.61 bits per heavy atom. The molecule has 0 radical (unpaired) electrons. The van der Waals surface area contributed by atoms with Gasteiger partial charge in [-0.2, -0.15) is 0 Å². The molecule has 0 aromatic heterocycles. The summed E-state index contributed by atoms with van der Waals surface area (Å²) in [6.45, 7) is 9.03. The molecule has 2 atom stereocenters. The molecule has 1 N–H and O–H groups in total. The third kappa shape index (κ3) is 2.27. The molecule has 0 aromatic carbocycles. The number of ether oxygens (including phenoxy) is 1. The molecule has 3 heterocycles. The minimum absolute atomic E-state index is 0.172. The fourth-order valence-electron chi connectivity index (χ4n) is 3.10. The van der Waals surface area contributed by atoms with Gasteiger partial charge < -0.3 is 15.0 Å². The first-order valence-corrected chi connectivity index (χ1v) is 7.11. The summed E-state index contributed by atoms with van der Waals surface area (Å²) in [6.07, 6.45) is 0.847. The van der Waals surface area contributed by atoms with Gasteiger partial charge in [-0.3, -0.25) is 9.69 Å². The quantitative estimate of drug-likeness (QED) is 0.722. The Kier molecular flexibility index (Phi) is 3.54. The van der Waals surface area contributed by atoms with Crippen molar-refractivity contribution < 1.29 is 9.53 Å². The van der Waals surface area contributed by atoms with E-state index in [1.807, 2.05) is 4.90 Å². The maximum Gasteiger partial charge on any atom is 0.252 e. The molecule has 0 bridgehead atoms. The highest BCUT2D eigenvalue weighted by atomic mass is 16.5. The number of carbonyl (C=O) groups is 1. The Bertz CT molecular complexity index is 311. The number of likely N-dealkylation sites (tertiary alicyclic amines) is 1. The summed E-state index contributed by atoms with van der Waals surface area (Å²) >= 11 is 0. The van der Waals surface area contributed by atoms with E-state index in [-0.39, 0.29) is 12.0 Å². The summed E-state index contributed by atoms with van der Waals surface area (Å²) in [5, 5.41) is 3.36. The lowest BCUT2D eigenvalue weighted by molar-refractivity contribution is -0.150. The average molecular weight is 253 g/mol. The summed E-state index contributed by atoms with van der Waals surface area (Å²) in [5.74, 6) is 0.599. The van der Waals surface area contributed by atoms with Crippen LogP contribution in [0.4, 0.5) is 0 Å². The Hall–Kier alpha value is -0.650. The van der Waals surface area contributed by atoms with Crippen LogP contribution >= 0.6 is 0 Å². The highest BCUT2D eigenvalue weighted by Crippen LogP contribution is 2.25. The largest absolute Gasteiger partial charge is 0.368 e. The monoisotopic (exact) mass is 253 g/mol. The summed E-state index contributed by atoms with van der Waals surface area (Å²) in [5.41, 5.74) is 0. The van der Waals surface area contributed by atoms with E-state index in [1.54, 1.807) is 0 Å². The summed E-state index contributed by atoms with van der Waals surface area (Å²) < 4.78 is 5.55. The number of hydrogen-bond acceptors (Lipinski definition) is 4. The fourth-order valence-corrected chi connectivity index (χ4v) is 3.10. The zero-order chi connectivity index (χ0) is 12.5. The van der Waals surface area contributed by atoms with Crippen LogP contribution < -0.4 is 5.32 Å². The van der Waals surface area contributed by atoms with E-state index in [0.717, 1.165) is 52.3 Å². The summed E-state index contributed by atoms with van der Waals surface area (Å²) in [6, 6.07) is 0.577. The lowest BCUT2D eigenvalue weighted by Gasteiger charge is -2.47. The van der Waals surface area contributed by atoms with Gasteiger partial charge in [0, 0.05) is 51.9 Å². The lowest BCUT2D eigenvalue weighted by Crippen LogP contribution is -2.65. The predicted octanol–water partition coefficient (Wildman–Crippen LogP) is -0.473. The van der Waals surface area contributed by atoms with Crippen molar-refractivity contribution in [3.05, 3.63) is 0 Å². The van der Waals surface area contributed by atoms with Crippen LogP contribution in [0, 0.1) is 5.92 Å². The van der Waals surface area contributed by atoms with Crippen molar-refractivity contribution in [1.82, 2.24) is 15.1 Å². The van der Waals surface area contributed by atoms with Gasteiger partial charge in [-0.25, -0.2) is 0 Å². The molecule has 2 unspecified atom stereocenters. The highest BCUT2D eigenvalue weighted by molar-refractivity contribution is 5.82. The molecule has 0 saturated carbocycles. The second kappa shape index (κ2) is 5.15. The molecule has 0 aromatic rings. The van der Waals surface area contributed by atoms with Crippen molar-refractivity contribution in [3.8, 4) is 0 Å². The Labute approximate surface area is 108 Å². The molecule has 3 fully saturated rings. The minimum atomic E-state index is -0.172. The van der Waals surface area contributed by atoms with Crippen LogP contribution in [0.1, 0.15) is 13.3 Å². The van der Waals surface area contributed by atoms with Crippen molar-refractivity contribution in [2.45, 2.75) is 25.5 Å². The molecule has 3 aliphatic rings. The first-order chi connectivity index (χ1) is 8.75. The summed E-state index contributed by atoms with van der Waals surface area (Å²) in [7, 11) is 0. The molecular formula is C13H23N3O2. The molecule has 3 aliphatic heterocycles. The van der Waals surface area contributed by atoms with Gasteiger partial charge in [0.1, 0.15) is 6.10 Å².